The van der Waals surface area contributed by atoms with E-state index in [0.717, 1.165) is 0 Å². The van der Waals surface area contributed by atoms with Gasteiger partial charge in [0, 0.05) is 14.1 Å². The molecule has 0 spiro atoms. The molecule has 0 radical (unpaired) electrons. The summed E-state index contributed by atoms with van der Waals surface area (Å²) >= 11 is 2.90. The smallest absolute Gasteiger partial charge is 0.183 e. The van der Waals surface area contributed by atoms with Gasteiger partial charge in [-0.2, -0.15) is 0 Å². The predicted octanol–water partition coefficient (Wildman–Crippen LogP) is 2.79. The quantitative estimate of drug-likeness (QED) is 0.677. The largest absolute Gasteiger partial charge is 0.375 e. The van der Waals surface area contributed by atoms with E-state index in [2.05, 4.69) is 15.9 Å². The van der Waals surface area contributed by atoms with Crippen LogP contribution >= 0.6 is 15.9 Å². The van der Waals surface area contributed by atoms with Gasteiger partial charge in [0.05, 0.1) is 10.2 Å². The van der Waals surface area contributed by atoms with Gasteiger partial charge >= 0.3 is 0 Å². The van der Waals surface area contributed by atoms with E-state index >= 15 is 0 Å². The first-order chi connectivity index (χ1) is 5.54. The summed E-state index contributed by atoms with van der Waals surface area (Å²) in [6.07, 6.45) is 0. The third kappa shape index (κ3) is 1.58. The number of rotatable bonds is 1. The lowest BCUT2D eigenvalue weighted by molar-refractivity contribution is 0.504. The molecule has 0 aromatic heterocycles. The fraction of sp³-hybridized carbons (Fsp3) is 0.250. The minimum absolute atomic E-state index is 0.144. The van der Waals surface area contributed by atoms with Crippen molar-refractivity contribution in [3.63, 3.8) is 0 Å². The highest BCUT2D eigenvalue weighted by molar-refractivity contribution is 9.10. The van der Waals surface area contributed by atoms with Crippen LogP contribution < -0.4 is 4.90 Å². The summed E-state index contributed by atoms with van der Waals surface area (Å²) < 4.78 is 26.1. The molecule has 0 N–H and O–H groups in total. The molecule has 1 nitrogen and oxygen atoms in total. The highest BCUT2D eigenvalue weighted by Crippen LogP contribution is 2.25. The summed E-state index contributed by atoms with van der Waals surface area (Å²) in [5.41, 5.74) is 0.246. The van der Waals surface area contributed by atoms with Gasteiger partial charge in [-0.3, -0.25) is 0 Å². The van der Waals surface area contributed by atoms with Gasteiger partial charge in [-0.15, -0.1) is 0 Å². The van der Waals surface area contributed by atoms with Crippen LogP contribution in [0.4, 0.5) is 14.5 Å². The molecule has 0 atom stereocenters. The van der Waals surface area contributed by atoms with E-state index in [1.807, 2.05) is 0 Å². The maximum atomic E-state index is 13.1. The van der Waals surface area contributed by atoms with Crippen LogP contribution in [0.25, 0.3) is 0 Å². The molecule has 1 aromatic rings. The van der Waals surface area contributed by atoms with Crippen LogP contribution in [0.2, 0.25) is 0 Å². The number of halogens is 3. The molecule has 0 aliphatic heterocycles. The molecule has 1 rings (SSSR count). The van der Waals surface area contributed by atoms with Crippen LogP contribution in [-0.2, 0) is 0 Å². The molecule has 66 valence electrons. The Balaban J connectivity index is 3.27. The van der Waals surface area contributed by atoms with Gasteiger partial charge in [-0.05, 0) is 28.1 Å². The first-order valence-electron chi connectivity index (χ1n) is 3.35. The van der Waals surface area contributed by atoms with Gasteiger partial charge in [0.25, 0.3) is 0 Å². The van der Waals surface area contributed by atoms with Crippen molar-refractivity contribution in [2.75, 3.05) is 19.0 Å². The van der Waals surface area contributed by atoms with E-state index in [9.17, 15) is 8.78 Å². The van der Waals surface area contributed by atoms with Crippen LogP contribution in [0.1, 0.15) is 0 Å². The van der Waals surface area contributed by atoms with E-state index in [0.29, 0.717) is 0 Å². The van der Waals surface area contributed by atoms with Gasteiger partial charge in [-0.1, -0.05) is 0 Å². The molecule has 0 heterocycles. The molecule has 4 heteroatoms. The Morgan fingerprint density at radius 3 is 2.25 bits per heavy atom. The zero-order valence-electron chi connectivity index (χ0n) is 6.74. The van der Waals surface area contributed by atoms with Gasteiger partial charge in [-0.25, -0.2) is 8.78 Å². The lowest BCUT2D eigenvalue weighted by Crippen LogP contribution is -2.11. The van der Waals surface area contributed by atoms with Crippen molar-refractivity contribution in [2.45, 2.75) is 0 Å². The Hall–Kier alpha value is -0.640. The average molecular weight is 236 g/mol. The van der Waals surface area contributed by atoms with Crippen LogP contribution in [-0.4, -0.2) is 14.1 Å². The first-order valence-corrected chi connectivity index (χ1v) is 4.14. The number of nitrogens with zero attached hydrogens (tertiary/aromatic N) is 1. The monoisotopic (exact) mass is 235 g/mol. The molecule has 0 unspecified atom stereocenters. The van der Waals surface area contributed by atoms with E-state index in [4.69, 9.17) is 0 Å². The van der Waals surface area contributed by atoms with Crippen molar-refractivity contribution in [1.82, 2.24) is 0 Å². The lowest BCUT2D eigenvalue weighted by atomic mass is 10.3. The zero-order valence-corrected chi connectivity index (χ0v) is 8.32. The molecule has 0 amide bonds. The molecule has 12 heavy (non-hydrogen) atoms. The van der Waals surface area contributed by atoms with Gasteiger partial charge in [0.2, 0.25) is 0 Å². The molecule has 0 aliphatic rings. The lowest BCUT2D eigenvalue weighted by Gasteiger charge is -2.13. The summed E-state index contributed by atoms with van der Waals surface area (Å²) in [6, 6.07) is 3.00. The minimum atomic E-state index is -0.846. The van der Waals surface area contributed by atoms with Crippen LogP contribution in [0.5, 0.6) is 0 Å². The maximum absolute atomic E-state index is 13.1. The van der Waals surface area contributed by atoms with Crippen molar-refractivity contribution in [3.8, 4) is 0 Å². The van der Waals surface area contributed by atoms with Gasteiger partial charge < -0.3 is 4.90 Å². The second-order valence-corrected chi connectivity index (χ2v) is 3.44. The van der Waals surface area contributed by atoms with Gasteiger partial charge in [0.1, 0.15) is 0 Å². The second kappa shape index (κ2) is 3.39. The summed E-state index contributed by atoms with van der Waals surface area (Å²) in [5.74, 6) is -1.67. The Morgan fingerprint density at radius 2 is 1.75 bits per heavy atom. The van der Waals surface area contributed by atoms with Crippen molar-refractivity contribution >= 4 is 21.6 Å². The third-order valence-electron chi connectivity index (χ3n) is 1.50. The molecular weight excluding hydrogens is 228 g/mol. The number of hydrogen-bond donors (Lipinski definition) is 0. The predicted molar refractivity (Wildman–Crippen MR) is 48.4 cm³/mol. The summed E-state index contributed by atoms with van der Waals surface area (Å²) in [6.45, 7) is 0. The van der Waals surface area contributed by atoms with Gasteiger partial charge in [0.15, 0.2) is 11.6 Å². The Kier molecular flexibility index (Phi) is 2.67. The van der Waals surface area contributed by atoms with E-state index in [1.54, 1.807) is 14.1 Å². The van der Waals surface area contributed by atoms with E-state index in [1.165, 1.54) is 17.0 Å². The second-order valence-electron chi connectivity index (χ2n) is 2.59. The Bertz CT molecular complexity index is 299. The maximum Gasteiger partial charge on any atom is 0.183 e. The SMILES string of the molecule is CN(C)c1ccc(Br)c(F)c1F. The normalized spacial score (nSPS) is 10.1. The van der Waals surface area contributed by atoms with E-state index < -0.39 is 11.6 Å². The fourth-order valence-corrected chi connectivity index (χ4v) is 1.17. The zero-order chi connectivity index (χ0) is 9.30. The number of anilines is 1. The minimum Gasteiger partial charge on any atom is -0.375 e. The molecular formula is C8H8BrF2N. The highest BCUT2D eigenvalue weighted by Gasteiger charge is 2.12. The fourth-order valence-electron chi connectivity index (χ4n) is 0.861. The molecule has 0 fully saturated rings. The molecule has 0 bridgehead atoms. The topological polar surface area (TPSA) is 3.24 Å². The average Bonchev–Trinajstić information content (AvgIpc) is 2.00. The first kappa shape index (κ1) is 9.45. The highest BCUT2D eigenvalue weighted by atomic mass is 79.9. The molecule has 0 aliphatic carbocycles. The molecule has 1 aromatic carbocycles. The Morgan fingerprint density at radius 1 is 1.17 bits per heavy atom. The van der Waals surface area contributed by atoms with Crippen LogP contribution in [0.3, 0.4) is 0 Å². The molecule has 0 saturated carbocycles. The Labute approximate surface area is 78.1 Å². The summed E-state index contributed by atoms with van der Waals surface area (Å²) in [5, 5.41) is 0. The molecule has 0 saturated heterocycles. The van der Waals surface area contributed by atoms with Crippen molar-refractivity contribution in [3.05, 3.63) is 28.2 Å². The van der Waals surface area contributed by atoms with Crippen molar-refractivity contribution < 1.29 is 8.78 Å². The third-order valence-corrected chi connectivity index (χ3v) is 2.11. The van der Waals surface area contributed by atoms with Crippen LogP contribution in [0.15, 0.2) is 16.6 Å². The standard InChI is InChI=1S/C8H8BrF2N/c1-12(2)6-4-3-5(9)7(10)8(6)11/h3-4H,1-2H3. The number of hydrogen-bond acceptors (Lipinski definition) is 1. The summed E-state index contributed by atoms with van der Waals surface area (Å²) in [7, 11) is 3.32. The van der Waals surface area contributed by atoms with Crippen molar-refractivity contribution in [2.24, 2.45) is 0 Å². The number of benzene rings is 1. The van der Waals surface area contributed by atoms with Crippen LogP contribution in [0, 0.1) is 11.6 Å². The summed E-state index contributed by atoms with van der Waals surface area (Å²) in [4.78, 5) is 1.52. The van der Waals surface area contributed by atoms with E-state index in [-0.39, 0.29) is 10.2 Å². The van der Waals surface area contributed by atoms with Crippen molar-refractivity contribution in [1.29, 1.82) is 0 Å².